The van der Waals surface area contributed by atoms with Crippen LogP contribution in [0.15, 0.2) is 35.5 Å². The van der Waals surface area contributed by atoms with Crippen LogP contribution in [0.3, 0.4) is 0 Å². The van der Waals surface area contributed by atoms with Crippen molar-refractivity contribution in [3.63, 3.8) is 0 Å². The Bertz CT molecular complexity index is 513. The van der Waals surface area contributed by atoms with Crippen molar-refractivity contribution < 1.29 is 19.8 Å². The van der Waals surface area contributed by atoms with Crippen molar-refractivity contribution in [2.24, 2.45) is 4.99 Å². The van der Waals surface area contributed by atoms with E-state index in [9.17, 15) is 9.59 Å². The molecular formula is C14H18N2O4. The molecule has 0 spiro atoms. The molecule has 1 aromatic rings. The fourth-order valence-electron chi connectivity index (χ4n) is 1.83. The van der Waals surface area contributed by atoms with Gasteiger partial charge in [0, 0.05) is 24.9 Å². The van der Waals surface area contributed by atoms with Crippen LogP contribution in [0, 0.1) is 0 Å². The van der Waals surface area contributed by atoms with Gasteiger partial charge in [-0.3, -0.25) is 4.99 Å². The van der Waals surface area contributed by atoms with Crippen LogP contribution < -0.4 is 0 Å². The number of aliphatic carboxylic acids is 2. The number of carboxylic acid groups (broad SMARTS) is 2. The molecule has 0 fully saturated rings. The second kappa shape index (κ2) is 7.93. The van der Waals surface area contributed by atoms with Crippen molar-refractivity contribution in [2.75, 3.05) is 6.54 Å². The first-order valence-corrected chi connectivity index (χ1v) is 6.37. The molecule has 6 heteroatoms. The Hall–Kier alpha value is -2.37. The molecule has 0 amide bonds. The first-order chi connectivity index (χ1) is 9.54. The Morgan fingerprint density at radius 1 is 1.35 bits per heavy atom. The number of hydrogen-bond donors (Lipinski definition) is 2. The molecule has 0 saturated heterocycles. The van der Waals surface area contributed by atoms with Crippen LogP contribution in [-0.2, 0) is 16.1 Å². The highest BCUT2D eigenvalue weighted by Gasteiger charge is 2.10. The maximum atomic E-state index is 9.55. The molecule has 1 aliphatic rings. The van der Waals surface area contributed by atoms with Crippen molar-refractivity contribution >= 4 is 17.7 Å². The Morgan fingerprint density at radius 2 is 2.00 bits per heavy atom. The second-order valence-corrected chi connectivity index (χ2v) is 4.18. The summed E-state index contributed by atoms with van der Waals surface area (Å²) in [6.45, 7) is 4.21. The smallest absolute Gasteiger partial charge is 0.328 e. The normalized spacial score (nSPS) is 13.2. The van der Waals surface area contributed by atoms with Crippen LogP contribution >= 0.6 is 0 Å². The molecule has 0 aliphatic carbocycles. The number of carboxylic acids is 2. The summed E-state index contributed by atoms with van der Waals surface area (Å²) in [5.41, 5.74) is 2.61. The molecule has 0 radical (unpaired) electrons. The van der Waals surface area contributed by atoms with Crippen LogP contribution in [0.1, 0.15) is 25.5 Å². The lowest BCUT2D eigenvalue weighted by atomic mass is 10.1. The standard InChI is InChI=1S/C10H14N2.C4H4O4/c1-2-4-9-10-5-3-7-12(10)8-6-11-9;5-3(6)1-2-4(7)8/h3,5,7H,2,4,6,8H2,1H3;1-2H,(H,5,6)(H,7,8)/b;2-1+. The lowest BCUT2D eigenvalue weighted by Crippen LogP contribution is -2.17. The first kappa shape index (κ1) is 15.7. The summed E-state index contributed by atoms with van der Waals surface area (Å²) in [4.78, 5) is 23.6. The van der Waals surface area contributed by atoms with Gasteiger partial charge in [-0.25, -0.2) is 9.59 Å². The molecule has 0 aromatic carbocycles. The van der Waals surface area contributed by atoms with Gasteiger partial charge in [0.2, 0.25) is 0 Å². The number of fused-ring (bicyclic) bond motifs is 1. The third-order valence-electron chi connectivity index (χ3n) is 2.62. The molecule has 6 nitrogen and oxygen atoms in total. The minimum absolute atomic E-state index is 0.558. The minimum atomic E-state index is -1.26. The van der Waals surface area contributed by atoms with Gasteiger partial charge in [-0.1, -0.05) is 13.3 Å². The molecule has 2 heterocycles. The van der Waals surface area contributed by atoms with E-state index in [0.717, 1.165) is 19.5 Å². The summed E-state index contributed by atoms with van der Waals surface area (Å²) < 4.78 is 2.29. The van der Waals surface area contributed by atoms with Crippen LogP contribution in [-0.4, -0.2) is 39.0 Å². The van der Waals surface area contributed by atoms with E-state index in [0.29, 0.717) is 12.2 Å². The summed E-state index contributed by atoms with van der Waals surface area (Å²) in [6, 6.07) is 4.26. The summed E-state index contributed by atoms with van der Waals surface area (Å²) >= 11 is 0. The third-order valence-corrected chi connectivity index (χ3v) is 2.62. The van der Waals surface area contributed by atoms with E-state index >= 15 is 0 Å². The molecule has 2 N–H and O–H groups in total. The highest BCUT2D eigenvalue weighted by Crippen LogP contribution is 2.12. The van der Waals surface area contributed by atoms with Crippen molar-refractivity contribution in [1.82, 2.24) is 4.57 Å². The van der Waals surface area contributed by atoms with Gasteiger partial charge in [0.25, 0.3) is 0 Å². The first-order valence-electron chi connectivity index (χ1n) is 6.37. The average molecular weight is 278 g/mol. The number of aliphatic imine (C=N–C) groups is 1. The molecule has 2 rings (SSSR count). The zero-order chi connectivity index (χ0) is 15.0. The largest absolute Gasteiger partial charge is 0.478 e. The minimum Gasteiger partial charge on any atom is -0.478 e. The number of hydrogen-bond acceptors (Lipinski definition) is 3. The molecule has 1 aromatic heterocycles. The Balaban J connectivity index is 0.000000221. The highest BCUT2D eigenvalue weighted by atomic mass is 16.4. The lowest BCUT2D eigenvalue weighted by molar-refractivity contribution is -0.134. The van der Waals surface area contributed by atoms with Crippen LogP contribution in [0.4, 0.5) is 0 Å². The zero-order valence-electron chi connectivity index (χ0n) is 11.3. The Labute approximate surface area is 117 Å². The van der Waals surface area contributed by atoms with Gasteiger partial charge in [-0.05, 0) is 18.6 Å². The zero-order valence-corrected chi connectivity index (χ0v) is 11.3. The Morgan fingerprint density at radius 3 is 2.55 bits per heavy atom. The Kier molecular flexibility index (Phi) is 6.22. The van der Waals surface area contributed by atoms with Crippen LogP contribution in [0.5, 0.6) is 0 Å². The highest BCUT2D eigenvalue weighted by molar-refractivity contribution is 5.99. The van der Waals surface area contributed by atoms with Gasteiger partial charge >= 0.3 is 11.9 Å². The third kappa shape index (κ3) is 5.09. The fourth-order valence-corrected chi connectivity index (χ4v) is 1.83. The van der Waals surface area contributed by atoms with Gasteiger partial charge in [-0.2, -0.15) is 0 Å². The number of carbonyl (C=O) groups is 2. The predicted molar refractivity (Wildman–Crippen MR) is 75.2 cm³/mol. The molecule has 20 heavy (non-hydrogen) atoms. The molecule has 0 unspecified atom stereocenters. The fraction of sp³-hybridized carbons (Fsp3) is 0.357. The van der Waals surface area contributed by atoms with Gasteiger partial charge < -0.3 is 14.8 Å². The molecule has 108 valence electrons. The van der Waals surface area contributed by atoms with E-state index < -0.39 is 11.9 Å². The van der Waals surface area contributed by atoms with E-state index in [1.807, 2.05) is 0 Å². The van der Waals surface area contributed by atoms with Crippen molar-refractivity contribution in [1.29, 1.82) is 0 Å². The number of aromatic nitrogens is 1. The van der Waals surface area contributed by atoms with Crippen LogP contribution in [0.25, 0.3) is 0 Å². The molecule has 0 saturated carbocycles. The number of nitrogens with zero attached hydrogens (tertiary/aromatic N) is 2. The van der Waals surface area contributed by atoms with E-state index in [1.54, 1.807) is 0 Å². The SMILES string of the molecule is CCCC1=NCCn2cccc21.O=C(O)/C=C/C(=O)O. The molecule has 0 atom stereocenters. The molecule has 0 bridgehead atoms. The monoisotopic (exact) mass is 278 g/mol. The van der Waals surface area contributed by atoms with Crippen molar-refractivity contribution in [3.8, 4) is 0 Å². The summed E-state index contributed by atoms with van der Waals surface area (Å²) in [5.74, 6) is -2.51. The molecular weight excluding hydrogens is 260 g/mol. The topological polar surface area (TPSA) is 91.9 Å². The summed E-state index contributed by atoms with van der Waals surface area (Å²) in [7, 11) is 0. The quantitative estimate of drug-likeness (QED) is 0.821. The van der Waals surface area contributed by atoms with E-state index in [-0.39, 0.29) is 0 Å². The predicted octanol–water partition coefficient (Wildman–Crippen LogP) is 1.80. The van der Waals surface area contributed by atoms with E-state index in [1.165, 1.54) is 17.8 Å². The van der Waals surface area contributed by atoms with Gasteiger partial charge in [-0.15, -0.1) is 0 Å². The van der Waals surface area contributed by atoms with Gasteiger partial charge in [0.05, 0.1) is 18.0 Å². The second-order valence-electron chi connectivity index (χ2n) is 4.18. The van der Waals surface area contributed by atoms with Gasteiger partial charge in [0.15, 0.2) is 0 Å². The maximum absolute atomic E-state index is 9.55. The van der Waals surface area contributed by atoms with Crippen LogP contribution in [0.2, 0.25) is 0 Å². The molecule has 1 aliphatic heterocycles. The average Bonchev–Trinajstić information content (AvgIpc) is 2.87. The summed E-state index contributed by atoms with van der Waals surface area (Å²) in [6.07, 6.45) is 5.55. The number of rotatable bonds is 4. The van der Waals surface area contributed by atoms with Crippen molar-refractivity contribution in [3.05, 3.63) is 36.2 Å². The maximum Gasteiger partial charge on any atom is 0.328 e. The van der Waals surface area contributed by atoms with Gasteiger partial charge in [0.1, 0.15) is 0 Å². The van der Waals surface area contributed by atoms with Crippen molar-refractivity contribution in [2.45, 2.75) is 26.3 Å². The summed E-state index contributed by atoms with van der Waals surface area (Å²) in [5, 5.41) is 15.6. The van der Waals surface area contributed by atoms with E-state index in [2.05, 4.69) is 34.8 Å². The van der Waals surface area contributed by atoms with E-state index in [4.69, 9.17) is 10.2 Å². The lowest BCUT2D eigenvalue weighted by Gasteiger charge is -2.15.